The Labute approximate surface area is 192 Å². The minimum Gasteiger partial charge on any atom is -0.340 e. The van der Waals surface area contributed by atoms with Crippen molar-refractivity contribution >= 4 is 17.7 Å². The first-order chi connectivity index (χ1) is 15.8. The van der Waals surface area contributed by atoms with Crippen LogP contribution in [0.3, 0.4) is 0 Å². The highest BCUT2D eigenvalue weighted by Gasteiger charge is 2.54. The molecule has 1 aromatic carbocycles. The molecule has 170 valence electrons. The van der Waals surface area contributed by atoms with Gasteiger partial charge in [-0.15, -0.1) is 0 Å². The third-order valence-corrected chi connectivity index (χ3v) is 6.20. The number of H-pyrrole nitrogens is 1. The van der Waals surface area contributed by atoms with E-state index in [4.69, 9.17) is 0 Å². The summed E-state index contributed by atoms with van der Waals surface area (Å²) in [6.45, 7) is 4.27. The summed E-state index contributed by atoms with van der Waals surface area (Å²) < 4.78 is 0. The standard InChI is InChI=1S/C25H27N5O3/c1-17-6-4-5-7-21(17)25(13-22(31)29(3)16-20-12-18(2)27-28-20)14-23(32)30(24(25)33)15-19-8-10-26-11-9-19/h4-12H,13-16H2,1-3H3,(H,27,28)/t25-/m1/s1. The van der Waals surface area contributed by atoms with Crippen molar-refractivity contribution in [2.45, 2.75) is 45.2 Å². The Morgan fingerprint density at radius 1 is 1.15 bits per heavy atom. The SMILES string of the molecule is Cc1cc(CN(C)C(=O)C[C@]2(c3ccccc3C)CC(=O)N(Cc3ccncc3)C2=O)n[nH]1. The molecular weight excluding hydrogens is 418 g/mol. The van der Waals surface area contributed by atoms with Gasteiger partial charge in [-0.05, 0) is 48.7 Å². The molecule has 3 amide bonds. The van der Waals surface area contributed by atoms with Crippen LogP contribution in [0.25, 0.3) is 0 Å². The average molecular weight is 446 g/mol. The Morgan fingerprint density at radius 2 is 1.88 bits per heavy atom. The van der Waals surface area contributed by atoms with Crippen LogP contribution in [0, 0.1) is 13.8 Å². The Kier molecular flexibility index (Phi) is 6.09. The quantitative estimate of drug-likeness (QED) is 0.564. The van der Waals surface area contributed by atoms with Crippen LogP contribution in [0.15, 0.2) is 54.9 Å². The molecule has 1 atom stereocenters. The van der Waals surface area contributed by atoms with Crippen LogP contribution >= 0.6 is 0 Å². The molecule has 0 saturated carbocycles. The Bertz CT molecular complexity index is 1190. The van der Waals surface area contributed by atoms with Crippen molar-refractivity contribution in [3.8, 4) is 0 Å². The van der Waals surface area contributed by atoms with Gasteiger partial charge in [0.25, 0.3) is 0 Å². The minimum absolute atomic E-state index is 0.0388. The third-order valence-electron chi connectivity index (χ3n) is 6.20. The fourth-order valence-corrected chi connectivity index (χ4v) is 4.46. The molecule has 0 spiro atoms. The fourth-order valence-electron chi connectivity index (χ4n) is 4.46. The number of aromatic nitrogens is 3. The molecule has 8 nitrogen and oxygen atoms in total. The van der Waals surface area contributed by atoms with Crippen LogP contribution in [0.2, 0.25) is 0 Å². The second-order valence-corrected chi connectivity index (χ2v) is 8.68. The molecule has 2 aromatic heterocycles. The highest BCUT2D eigenvalue weighted by Crippen LogP contribution is 2.42. The molecule has 8 heteroatoms. The van der Waals surface area contributed by atoms with Gasteiger partial charge in [0, 0.05) is 38.0 Å². The molecule has 0 radical (unpaired) electrons. The number of hydrogen-bond acceptors (Lipinski definition) is 5. The number of imide groups is 1. The Hall–Kier alpha value is -3.81. The molecule has 0 bridgehead atoms. The van der Waals surface area contributed by atoms with Crippen molar-refractivity contribution in [3.05, 3.63) is 82.9 Å². The van der Waals surface area contributed by atoms with Gasteiger partial charge in [-0.3, -0.25) is 29.4 Å². The van der Waals surface area contributed by atoms with Gasteiger partial charge in [-0.25, -0.2) is 0 Å². The predicted octanol–water partition coefficient (Wildman–Crippen LogP) is 2.67. The molecular formula is C25H27N5O3. The van der Waals surface area contributed by atoms with E-state index in [2.05, 4.69) is 15.2 Å². The molecule has 3 aromatic rings. The van der Waals surface area contributed by atoms with Crippen LogP contribution in [0.4, 0.5) is 0 Å². The van der Waals surface area contributed by atoms with E-state index in [1.54, 1.807) is 36.5 Å². The van der Waals surface area contributed by atoms with Crippen LogP contribution in [0.5, 0.6) is 0 Å². The first-order valence-corrected chi connectivity index (χ1v) is 10.8. The number of aromatic amines is 1. The number of amides is 3. The summed E-state index contributed by atoms with van der Waals surface area (Å²) >= 11 is 0. The topological polar surface area (TPSA) is 99.3 Å². The Morgan fingerprint density at radius 3 is 2.55 bits per heavy atom. The van der Waals surface area contributed by atoms with Gasteiger partial charge in [0.05, 0.1) is 24.2 Å². The second-order valence-electron chi connectivity index (χ2n) is 8.68. The monoisotopic (exact) mass is 445 g/mol. The van der Waals surface area contributed by atoms with Crippen molar-refractivity contribution in [2.24, 2.45) is 0 Å². The van der Waals surface area contributed by atoms with Crippen LogP contribution in [0.1, 0.15) is 40.9 Å². The summed E-state index contributed by atoms with van der Waals surface area (Å²) in [5, 5.41) is 7.06. The van der Waals surface area contributed by atoms with Crippen molar-refractivity contribution < 1.29 is 14.4 Å². The fraction of sp³-hybridized carbons (Fsp3) is 0.320. The van der Waals surface area contributed by atoms with Crippen molar-refractivity contribution in [1.82, 2.24) is 25.0 Å². The number of rotatable bonds is 7. The lowest BCUT2D eigenvalue weighted by Gasteiger charge is -2.30. The summed E-state index contributed by atoms with van der Waals surface area (Å²) in [4.78, 5) is 47.0. The third kappa shape index (κ3) is 4.41. The van der Waals surface area contributed by atoms with E-state index in [0.29, 0.717) is 6.54 Å². The molecule has 4 rings (SSSR count). The smallest absolute Gasteiger partial charge is 0.241 e. The van der Waals surface area contributed by atoms with E-state index >= 15 is 0 Å². The van der Waals surface area contributed by atoms with Crippen LogP contribution in [-0.2, 0) is 32.9 Å². The van der Waals surface area contributed by atoms with Gasteiger partial charge in [-0.2, -0.15) is 5.10 Å². The zero-order valence-electron chi connectivity index (χ0n) is 19.0. The van der Waals surface area contributed by atoms with Crippen molar-refractivity contribution in [1.29, 1.82) is 0 Å². The highest BCUT2D eigenvalue weighted by atomic mass is 16.2. The lowest BCUT2D eigenvalue weighted by Crippen LogP contribution is -2.42. The number of carbonyl (C=O) groups excluding carboxylic acids is 3. The summed E-state index contributed by atoms with van der Waals surface area (Å²) in [6.07, 6.45) is 3.13. The lowest BCUT2D eigenvalue weighted by atomic mass is 9.74. The number of nitrogens with zero attached hydrogens (tertiary/aromatic N) is 4. The van der Waals surface area contributed by atoms with E-state index in [9.17, 15) is 14.4 Å². The molecule has 1 aliphatic rings. The van der Waals surface area contributed by atoms with Gasteiger partial charge in [0.1, 0.15) is 0 Å². The molecule has 0 aliphatic carbocycles. The van der Waals surface area contributed by atoms with Gasteiger partial charge in [0.2, 0.25) is 17.7 Å². The van der Waals surface area contributed by atoms with Gasteiger partial charge < -0.3 is 4.90 Å². The van der Waals surface area contributed by atoms with Gasteiger partial charge in [-0.1, -0.05) is 24.3 Å². The first-order valence-electron chi connectivity index (χ1n) is 10.8. The molecule has 1 fully saturated rings. The molecule has 1 saturated heterocycles. The maximum atomic E-state index is 13.8. The predicted molar refractivity (Wildman–Crippen MR) is 122 cm³/mol. The second kappa shape index (κ2) is 8.97. The molecule has 1 N–H and O–H groups in total. The maximum absolute atomic E-state index is 13.8. The van der Waals surface area contributed by atoms with E-state index in [0.717, 1.165) is 28.1 Å². The number of aryl methyl sites for hydroxylation is 2. The minimum atomic E-state index is -1.23. The lowest BCUT2D eigenvalue weighted by molar-refractivity contribution is -0.143. The first kappa shape index (κ1) is 22.4. The summed E-state index contributed by atoms with van der Waals surface area (Å²) in [7, 11) is 1.69. The van der Waals surface area contributed by atoms with Gasteiger partial charge in [0.15, 0.2) is 0 Å². The van der Waals surface area contributed by atoms with Crippen molar-refractivity contribution in [2.75, 3.05) is 7.05 Å². The number of benzene rings is 1. The van der Waals surface area contributed by atoms with Crippen LogP contribution < -0.4 is 0 Å². The molecule has 1 aliphatic heterocycles. The summed E-state index contributed by atoms with van der Waals surface area (Å²) in [6, 6.07) is 12.9. The number of nitrogens with one attached hydrogen (secondary N) is 1. The number of hydrogen-bond donors (Lipinski definition) is 1. The van der Waals surface area contributed by atoms with Gasteiger partial charge >= 0.3 is 0 Å². The van der Waals surface area contributed by atoms with Crippen LogP contribution in [-0.4, -0.2) is 49.8 Å². The summed E-state index contributed by atoms with van der Waals surface area (Å²) in [5.74, 6) is -0.833. The van der Waals surface area contributed by atoms with E-state index in [1.165, 1.54) is 4.90 Å². The normalized spacial score (nSPS) is 18.1. The zero-order valence-corrected chi connectivity index (χ0v) is 19.0. The van der Waals surface area contributed by atoms with E-state index < -0.39 is 5.41 Å². The number of pyridine rings is 1. The number of likely N-dealkylation sites (tertiary alicyclic amines) is 1. The number of carbonyl (C=O) groups is 3. The Balaban J connectivity index is 1.65. The molecule has 0 unspecified atom stereocenters. The molecule has 3 heterocycles. The van der Waals surface area contributed by atoms with E-state index in [1.807, 2.05) is 44.2 Å². The van der Waals surface area contributed by atoms with E-state index in [-0.39, 0.29) is 37.1 Å². The maximum Gasteiger partial charge on any atom is 0.241 e. The zero-order chi connectivity index (χ0) is 23.6. The summed E-state index contributed by atoms with van der Waals surface area (Å²) in [5.41, 5.74) is 2.82. The molecule has 33 heavy (non-hydrogen) atoms. The van der Waals surface area contributed by atoms with Crippen molar-refractivity contribution in [3.63, 3.8) is 0 Å². The average Bonchev–Trinajstić information content (AvgIpc) is 3.30. The largest absolute Gasteiger partial charge is 0.340 e. The highest BCUT2D eigenvalue weighted by molar-refractivity contribution is 6.10.